The molecule has 0 radical (unpaired) electrons. The maximum Gasteiger partial charge on any atom is 0.135 e. The van der Waals surface area contributed by atoms with Crippen LogP contribution >= 0.6 is 0 Å². The van der Waals surface area contributed by atoms with Gasteiger partial charge in [-0.3, -0.25) is 4.79 Å². The molecule has 0 saturated heterocycles. The minimum atomic E-state index is 0.204. The van der Waals surface area contributed by atoms with Crippen molar-refractivity contribution in [3.63, 3.8) is 0 Å². The summed E-state index contributed by atoms with van der Waals surface area (Å²) in [5.74, 6) is 0.569. The van der Waals surface area contributed by atoms with Crippen molar-refractivity contribution < 1.29 is 9.90 Å². The van der Waals surface area contributed by atoms with Gasteiger partial charge in [-0.05, 0) is 19.3 Å². The van der Waals surface area contributed by atoms with Gasteiger partial charge in [0.15, 0.2) is 0 Å². The highest BCUT2D eigenvalue weighted by Gasteiger charge is 2.10. The third-order valence-corrected chi connectivity index (χ3v) is 2.10. The quantitative estimate of drug-likeness (QED) is 0.597. The predicted octanol–water partition coefficient (Wildman–Crippen LogP) is 2.15. The molecule has 0 aliphatic rings. The fourth-order valence-electron chi connectivity index (χ4n) is 1.25. The molecule has 0 bridgehead atoms. The second-order valence-electron chi connectivity index (χ2n) is 3.34. The number of Topliss-reactive ketones (excluding diaryl/α,β-unsaturated/α-hetero) is 1. The highest BCUT2D eigenvalue weighted by atomic mass is 16.2. The summed E-state index contributed by atoms with van der Waals surface area (Å²) in [6.45, 7) is 4.29. The second kappa shape index (κ2) is 7.29. The molecule has 0 aliphatic heterocycles. The van der Waals surface area contributed by atoms with Crippen molar-refractivity contribution in [2.45, 2.75) is 46.0 Å². The fourth-order valence-corrected chi connectivity index (χ4v) is 1.25. The SMILES string of the molecule is CCCC(C)C(=O)CCCCO. The van der Waals surface area contributed by atoms with E-state index in [0.717, 1.165) is 25.7 Å². The molecule has 0 heterocycles. The first kappa shape index (κ1) is 11.6. The molecule has 0 saturated carbocycles. The van der Waals surface area contributed by atoms with Crippen LogP contribution in [0.3, 0.4) is 0 Å². The van der Waals surface area contributed by atoms with E-state index in [9.17, 15) is 4.79 Å². The number of carbonyl (C=O) groups excluding carboxylic acids is 1. The molecular weight excluding hydrogens is 152 g/mol. The molecular formula is C10H20O2. The van der Waals surface area contributed by atoms with Crippen LogP contribution in [-0.4, -0.2) is 17.5 Å². The van der Waals surface area contributed by atoms with Gasteiger partial charge in [0.05, 0.1) is 0 Å². The van der Waals surface area contributed by atoms with E-state index in [1.165, 1.54) is 0 Å². The number of ketones is 1. The van der Waals surface area contributed by atoms with Crippen molar-refractivity contribution >= 4 is 5.78 Å². The monoisotopic (exact) mass is 172 g/mol. The van der Waals surface area contributed by atoms with Gasteiger partial charge < -0.3 is 5.11 Å². The summed E-state index contributed by atoms with van der Waals surface area (Å²) in [6.07, 6.45) is 4.31. The number of hydrogen-bond acceptors (Lipinski definition) is 2. The lowest BCUT2D eigenvalue weighted by atomic mass is 9.97. The van der Waals surface area contributed by atoms with Gasteiger partial charge in [0.1, 0.15) is 5.78 Å². The average Bonchev–Trinajstić information content (AvgIpc) is 2.05. The van der Waals surface area contributed by atoms with Gasteiger partial charge in [0, 0.05) is 18.9 Å². The number of unbranched alkanes of at least 4 members (excludes halogenated alkanes) is 1. The molecule has 0 fully saturated rings. The zero-order chi connectivity index (χ0) is 9.40. The van der Waals surface area contributed by atoms with E-state index in [4.69, 9.17) is 5.11 Å². The van der Waals surface area contributed by atoms with Gasteiger partial charge in [0.25, 0.3) is 0 Å². The Balaban J connectivity index is 3.43. The van der Waals surface area contributed by atoms with Crippen molar-refractivity contribution in [2.75, 3.05) is 6.61 Å². The Labute approximate surface area is 75.0 Å². The van der Waals surface area contributed by atoms with Crippen LogP contribution in [0.1, 0.15) is 46.0 Å². The van der Waals surface area contributed by atoms with E-state index >= 15 is 0 Å². The number of hydrogen-bond donors (Lipinski definition) is 1. The van der Waals surface area contributed by atoms with Crippen LogP contribution in [0.2, 0.25) is 0 Å². The summed E-state index contributed by atoms with van der Waals surface area (Å²) < 4.78 is 0. The van der Waals surface area contributed by atoms with Crippen molar-refractivity contribution in [1.29, 1.82) is 0 Å². The fraction of sp³-hybridized carbons (Fsp3) is 0.900. The van der Waals surface area contributed by atoms with Crippen LogP contribution in [0.5, 0.6) is 0 Å². The number of aliphatic hydroxyl groups is 1. The smallest absolute Gasteiger partial charge is 0.135 e. The third-order valence-electron chi connectivity index (χ3n) is 2.10. The molecule has 0 spiro atoms. The van der Waals surface area contributed by atoms with Gasteiger partial charge in [-0.25, -0.2) is 0 Å². The molecule has 2 nitrogen and oxygen atoms in total. The molecule has 1 atom stereocenters. The minimum absolute atomic E-state index is 0.204. The summed E-state index contributed by atoms with van der Waals surface area (Å²) in [4.78, 5) is 11.3. The van der Waals surface area contributed by atoms with Gasteiger partial charge in [0.2, 0.25) is 0 Å². The molecule has 1 N–H and O–H groups in total. The largest absolute Gasteiger partial charge is 0.396 e. The summed E-state index contributed by atoms with van der Waals surface area (Å²) in [7, 11) is 0. The summed E-state index contributed by atoms with van der Waals surface area (Å²) >= 11 is 0. The summed E-state index contributed by atoms with van der Waals surface area (Å²) in [5, 5.41) is 8.51. The molecule has 0 amide bonds. The van der Waals surface area contributed by atoms with E-state index in [2.05, 4.69) is 6.92 Å². The molecule has 0 rings (SSSR count). The maximum atomic E-state index is 11.3. The lowest BCUT2D eigenvalue weighted by molar-refractivity contribution is -0.122. The number of carbonyl (C=O) groups is 1. The molecule has 72 valence electrons. The Morgan fingerprint density at radius 3 is 2.58 bits per heavy atom. The normalized spacial score (nSPS) is 12.9. The van der Waals surface area contributed by atoms with Crippen LogP contribution in [-0.2, 0) is 4.79 Å². The maximum absolute atomic E-state index is 11.3. The van der Waals surface area contributed by atoms with E-state index in [1.807, 2.05) is 6.92 Å². The van der Waals surface area contributed by atoms with Gasteiger partial charge >= 0.3 is 0 Å². The molecule has 0 aromatic rings. The Morgan fingerprint density at radius 1 is 1.42 bits per heavy atom. The molecule has 12 heavy (non-hydrogen) atoms. The highest BCUT2D eigenvalue weighted by Crippen LogP contribution is 2.10. The van der Waals surface area contributed by atoms with Gasteiger partial charge in [-0.2, -0.15) is 0 Å². The van der Waals surface area contributed by atoms with Gasteiger partial charge in [-0.1, -0.05) is 20.3 Å². The Morgan fingerprint density at radius 2 is 2.08 bits per heavy atom. The lowest BCUT2D eigenvalue weighted by Crippen LogP contribution is -2.10. The second-order valence-corrected chi connectivity index (χ2v) is 3.34. The van der Waals surface area contributed by atoms with Crippen molar-refractivity contribution in [3.05, 3.63) is 0 Å². The minimum Gasteiger partial charge on any atom is -0.396 e. The molecule has 1 unspecified atom stereocenters. The van der Waals surface area contributed by atoms with Crippen molar-refractivity contribution in [3.8, 4) is 0 Å². The molecule has 0 aromatic carbocycles. The van der Waals surface area contributed by atoms with E-state index in [-0.39, 0.29) is 12.5 Å². The van der Waals surface area contributed by atoms with E-state index in [0.29, 0.717) is 12.2 Å². The Kier molecular flexibility index (Phi) is 7.06. The van der Waals surface area contributed by atoms with Crippen LogP contribution in [0, 0.1) is 5.92 Å². The first-order valence-electron chi connectivity index (χ1n) is 4.86. The topological polar surface area (TPSA) is 37.3 Å². The van der Waals surface area contributed by atoms with Crippen LogP contribution in [0.25, 0.3) is 0 Å². The summed E-state index contributed by atoms with van der Waals surface area (Å²) in [6, 6.07) is 0. The van der Waals surface area contributed by atoms with Gasteiger partial charge in [-0.15, -0.1) is 0 Å². The average molecular weight is 172 g/mol. The summed E-state index contributed by atoms with van der Waals surface area (Å²) in [5.41, 5.74) is 0. The first-order chi connectivity index (χ1) is 5.72. The van der Waals surface area contributed by atoms with Crippen molar-refractivity contribution in [2.24, 2.45) is 5.92 Å². The number of aliphatic hydroxyl groups excluding tert-OH is 1. The standard InChI is InChI=1S/C10H20O2/c1-3-6-9(2)10(12)7-4-5-8-11/h9,11H,3-8H2,1-2H3. The highest BCUT2D eigenvalue weighted by molar-refractivity contribution is 5.80. The van der Waals surface area contributed by atoms with Crippen LogP contribution in [0.15, 0.2) is 0 Å². The predicted molar refractivity (Wildman–Crippen MR) is 50.0 cm³/mol. The van der Waals surface area contributed by atoms with E-state index in [1.54, 1.807) is 0 Å². The first-order valence-corrected chi connectivity index (χ1v) is 4.86. The Bertz CT molecular complexity index is 121. The molecule has 0 aromatic heterocycles. The lowest BCUT2D eigenvalue weighted by Gasteiger charge is -2.07. The Hall–Kier alpha value is -0.370. The van der Waals surface area contributed by atoms with Crippen LogP contribution in [0.4, 0.5) is 0 Å². The van der Waals surface area contributed by atoms with Crippen molar-refractivity contribution in [1.82, 2.24) is 0 Å². The third kappa shape index (κ3) is 5.30. The number of rotatable bonds is 7. The zero-order valence-corrected chi connectivity index (χ0v) is 8.18. The zero-order valence-electron chi connectivity index (χ0n) is 8.18. The van der Waals surface area contributed by atoms with Crippen LogP contribution < -0.4 is 0 Å². The molecule has 2 heteroatoms. The van der Waals surface area contributed by atoms with E-state index < -0.39 is 0 Å². The molecule has 0 aliphatic carbocycles.